The predicted octanol–water partition coefficient (Wildman–Crippen LogP) is 1.49. The lowest BCUT2D eigenvalue weighted by molar-refractivity contribution is -0.152. The number of carbonyl (C=O) groups excluding carboxylic acids is 1. The van der Waals surface area contributed by atoms with Crippen molar-refractivity contribution in [1.29, 1.82) is 0 Å². The first kappa shape index (κ1) is 13.0. The van der Waals surface area contributed by atoms with Gasteiger partial charge in [-0.2, -0.15) is 0 Å². The molecule has 1 aromatic carbocycles. The van der Waals surface area contributed by atoms with Crippen LogP contribution >= 0.6 is 0 Å². The minimum Gasteiger partial charge on any atom is -0.480 e. The highest BCUT2D eigenvalue weighted by Crippen LogP contribution is 2.27. The number of rotatable bonds is 2. The summed E-state index contributed by atoms with van der Waals surface area (Å²) in [6.45, 7) is 0.546. The SMILES string of the molecule is O=C(O)[C@@H]1CCCCN1C(=O)[C@@H]1Cc2ccccc2N1. The van der Waals surface area contributed by atoms with E-state index in [4.69, 9.17) is 0 Å². The number of anilines is 1. The Balaban J connectivity index is 1.75. The van der Waals surface area contributed by atoms with E-state index in [1.165, 1.54) is 4.90 Å². The van der Waals surface area contributed by atoms with Crippen LogP contribution in [0.25, 0.3) is 0 Å². The standard InChI is InChI=1S/C15H18N2O3/c18-14(17-8-4-3-7-13(17)15(19)20)12-9-10-5-1-2-6-11(10)16-12/h1-2,5-6,12-13,16H,3-4,7-9H2,(H,19,20)/t12-,13-/m0/s1. The molecule has 2 aliphatic rings. The van der Waals surface area contributed by atoms with Crippen LogP contribution < -0.4 is 5.32 Å². The average molecular weight is 274 g/mol. The van der Waals surface area contributed by atoms with Crippen LogP contribution in [-0.2, 0) is 16.0 Å². The van der Waals surface area contributed by atoms with Gasteiger partial charge < -0.3 is 15.3 Å². The van der Waals surface area contributed by atoms with Gasteiger partial charge in [0.25, 0.3) is 0 Å². The van der Waals surface area contributed by atoms with Gasteiger partial charge in [-0.15, -0.1) is 0 Å². The fourth-order valence-electron chi connectivity index (χ4n) is 3.10. The van der Waals surface area contributed by atoms with Crippen molar-refractivity contribution in [2.45, 2.75) is 37.8 Å². The van der Waals surface area contributed by atoms with E-state index in [0.29, 0.717) is 19.4 Å². The number of hydrogen-bond donors (Lipinski definition) is 2. The maximum absolute atomic E-state index is 12.6. The third-order valence-corrected chi connectivity index (χ3v) is 4.14. The Morgan fingerprint density at radius 2 is 2.05 bits per heavy atom. The summed E-state index contributed by atoms with van der Waals surface area (Å²) in [4.78, 5) is 25.4. The molecule has 2 N–H and O–H groups in total. The fraction of sp³-hybridized carbons (Fsp3) is 0.467. The lowest BCUT2D eigenvalue weighted by Crippen LogP contribution is -2.52. The van der Waals surface area contributed by atoms with Gasteiger partial charge in [-0.05, 0) is 30.9 Å². The largest absolute Gasteiger partial charge is 0.480 e. The molecule has 1 amide bonds. The number of likely N-dealkylation sites (tertiary alicyclic amines) is 1. The summed E-state index contributed by atoms with van der Waals surface area (Å²) >= 11 is 0. The summed E-state index contributed by atoms with van der Waals surface area (Å²) in [6.07, 6.45) is 2.95. The first-order valence-corrected chi connectivity index (χ1v) is 7.04. The zero-order valence-corrected chi connectivity index (χ0v) is 11.2. The number of piperidine rings is 1. The van der Waals surface area contributed by atoms with Crippen molar-refractivity contribution >= 4 is 17.6 Å². The van der Waals surface area contributed by atoms with Gasteiger partial charge >= 0.3 is 5.97 Å². The van der Waals surface area contributed by atoms with Gasteiger partial charge in [-0.25, -0.2) is 4.79 Å². The third kappa shape index (κ3) is 2.24. The summed E-state index contributed by atoms with van der Waals surface area (Å²) in [6, 6.07) is 6.84. The lowest BCUT2D eigenvalue weighted by Gasteiger charge is -2.34. The van der Waals surface area contributed by atoms with E-state index in [2.05, 4.69) is 5.32 Å². The number of nitrogens with one attached hydrogen (secondary N) is 1. The Morgan fingerprint density at radius 1 is 1.25 bits per heavy atom. The van der Waals surface area contributed by atoms with Crippen LogP contribution in [0.15, 0.2) is 24.3 Å². The van der Waals surface area contributed by atoms with E-state index in [0.717, 1.165) is 24.1 Å². The molecule has 5 heteroatoms. The van der Waals surface area contributed by atoms with E-state index in [-0.39, 0.29) is 11.9 Å². The molecule has 0 aromatic heterocycles. The quantitative estimate of drug-likeness (QED) is 0.857. The van der Waals surface area contributed by atoms with Gasteiger partial charge in [-0.1, -0.05) is 18.2 Å². The molecule has 20 heavy (non-hydrogen) atoms. The van der Waals surface area contributed by atoms with Crippen LogP contribution in [0, 0.1) is 0 Å². The molecule has 106 valence electrons. The van der Waals surface area contributed by atoms with E-state index < -0.39 is 12.0 Å². The Morgan fingerprint density at radius 3 is 2.80 bits per heavy atom. The van der Waals surface area contributed by atoms with E-state index in [1.807, 2.05) is 24.3 Å². The highest BCUT2D eigenvalue weighted by Gasteiger charge is 2.37. The van der Waals surface area contributed by atoms with Crippen molar-refractivity contribution in [2.24, 2.45) is 0 Å². The fourth-order valence-corrected chi connectivity index (χ4v) is 3.10. The maximum atomic E-state index is 12.6. The smallest absolute Gasteiger partial charge is 0.326 e. The van der Waals surface area contributed by atoms with Crippen LogP contribution in [0.3, 0.4) is 0 Å². The third-order valence-electron chi connectivity index (χ3n) is 4.14. The molecule has 3 rings (SSSR count). The van der Waals surface area contributed by atoms with Crippen LogP contribution in [0.2, 0.25) is 0 Å². The van der Waals surface area contributed by atoms with Gasteiger partial charge in [0.1, 0.15) is 12.1 Å². The van der Waals surface area contributed by atoms with Gasteiger partial charge in [0, 0.05) is 18.7 Å². The minimum atomic E-state index is -0.895. The van der Waals surface area contributed by atoms with Crippen LogP contribution in [0.1, 0.15) is 24.8 Å². The van der Waals surface area contributed by atoms with E-state index >= 15 is 0 Å². The number of benzene rings is 1. The number of nitrogens with zero attached hydrogens (tertiary/aromatic N) is 1. The van der Waals surface area contributed by atoms with Gasteiger partial charge in [-0.3, -0.25) is 4.79 Å². The number of carboxylic acids is 1. The van der Waals surface area contributed by atoms with Gasteiger partial charge in [0.15, 0.2) is 0 Å². The van der Waals surface area contributed by atoms with Crippen molar-refractivity contribution in [3.63, 3.8) is 0 Å². The second-order valence-electron chi connectivity index (χ2n) is 5.44. The lowest BCUT2D eigenvalue weighted by atomic mass is 10.0. The Hall–Kier alpha value is -2.04. The molecule has 0 spiro atoms. The van der Waals surface area contributed by atoms with Gasteiger partial charge in [0.2, 0.25) is 5.91 Å². The average Bonchev–Trinajstić information content (AvgIpc) is 2.90. The molecule has 0 bridgehead atoms. The van der Waals surface area contributed by atoms with Crippen LogP contribution in [0.5, 0.6) is 0 Å². The second-order valence-corrected chi connectivity index (χ2v) is 5.44. The first-order valence-electron chi connectivity index (χ1n) is 7.04. The Kier molecular flexibility index (Phi) is 3.34. The number of fused-ring (bicyclic) bond motifs is 1. The van der Waals surface area contributed by atoms with Crippen molar-refractivity contribution < 1.29 is 14.7 Å². The van der Waals surface area contributed by atoms with Crippen molar-refractivity contribution in [1.82, 2.24) is 4.90 Å². The van der Waals surface area contributed by atoms with Gasteiger partial charge in [0.05, 0.1) is 0 Å². The number of para-hydroxylation sites is 1. The van der Waals surface area contributed by atoms with Crippen molar-refractivity contribution in [3.05, 3.63) is 29.8 Å². The van der Waals surface area contributed by atoms with E-state index in [1.54, 1.807) is 0 Å². The molecule has 1 aromatic rings. The van der Waals surface area contributed by atoms with E-state index in [9.17, 15) is 14.7 Å². The number of carboxylic acid groups (broad SMARTS) is 1. The maximum Gasteiger partial charge on any atom is 0.326 e. The minimum absolute atomic E-state index is 0.0895. The van der Waals surface area contributed by atoms with Crippen LogP contribution in [-0.4, -0.2) is 40.5 Å². The van der Waals surface area contributed by atoms with Crippen LogP contribution in [0.4, 0.5) is 5.69 Å². The molecule has 0 unspecified atom stereocenters. The van der Waals surface area contributed by atoms with Crippen molar-refractivity contribution in [3.8, 4) is 0 Å². The normalized spacial score (nSPS) is 24.9. The molecule has 0 radical (unpaired) electrons. The molecule has 0 aliphatic carbocycles. The number of amides is 1. The molecule has 1 saturated heterocycles. The summed E-state index contributed by atoms with van der Waals surface area (Å²) < 4.78 is 0. The highest BCUT2D eigenvalue weighted by atomic mass is 16.4. The highest BCUT2D eigenvalue weighted by molar-refractivity contribution is 5.90. The molecule has 2 atom stereocenters. The molecule has 2 aliphatic heterocycles. The topological polar surface area (TPSA) is 69.6 Å². The van der Waals surface area contributed by atoms with Crippen molar-refractivity contribution in [2.75, 3.05) is 11.9 Å². The summed E-state index contributed by atoms with van der Waals surface area (Å²) in [5, 5.41) is 12.5. The second kappa shape index (κ2) is 5.15. The molecular formula is C15H18N2O3. The number of aliphatic carboxylic acids is 1. The number of hydrogen-bond acceptors (Lipinski definition) is 3. The summed E-state index contributed by atoms with van der Waals surface area (Å²) in [5.74, 6) is -0.984. The molecule has 0 saturated carbocycles. The molecule has 1 fully saturated rings. The monoisotopic (exact) mass is 274 g/mol. The summed E-state index contributed by atoms with van der Waals surface area (Å²) in [5.41, 5.74) is 2.10. The zero-order chi connectivity index (χ0) is 14.1. The predicted molar refractivity (Wildman–Crippen MR) is 74.5 cm³/mol. The summed E-state index contributed by atoms with van der Waals surface area (Å²) in [7, 11) is 0. The Labute approximate surface area is 117 Å². The first-order chi connectivity index (χ1) is 9.66. The number of carbonyl (C=O) groups is 2. The Bertz CT molecular complexity index is 519. The molecular weight excluding hydrogens is 256 g/mol. The zero-order valence-electron chi connectivity index (χ0n) is 11.2. The molecule has 2 heterocycles. The molecule has 5 nitrogen and oxygen atoms in total.